The molecule has 2 aromatic carbocycles. The second-order valence-electron chi connectivity index (χ2n) is 4.76. The molecular weight excluding hydrogens is 266 g/mol. The third kappa shape index (κ3) is 5.38. The zero-order valence-corrected chi connectivity index (χ0v) is 11.7. The first kappa shape index (κ1) is 15.2. The molecule has 0 saturated heterocycles. The van der Waals surface area contributed by atoms with Gasteiger partial charge in [0.2, 0.25) is 0 Å². The SMILES string of the molecule is O=C(O)C(COCc1ccccc1)NCc1ccccc1. The van der Waals surface area contributed by atoms with E-state index in [0.29, 0.717) is 13.2 Å². The average molecular weight is 285 g/mol. The maximum atomic E-state index is 11.2. The Bertz CT molecular complexity index is 542. The summed E-state index contributed by atoms with van der Waals surface area (Å²) in [5.41, 5.74) is 2.08. The number of nitrogens with one attached hydrogen (secondary N) is 1. The van der Waals surface area contributed by atoms with Crippen LogP contribution in [0.2, 0.25) is 0 Å². The summed E-state index contributed by atoms with van der Waals surface area (Å²) < 4.78 is 5.49. The lowest BCUT2D eigenvalue weighted by atomic mass is 10.2. The van der Waals surface area contributed by atoms with E-state index in [0.717, 1.165) is 11.1 Å². The summed E-state index contributed by atoms with van der Waals surface area (Å²) in [5, 5.41) is 12.2. The highest BCUT2D eigenvalue weighted by Crippen LogP contribution is 2.02. The first-order valence-corrected chi connectivity index (χ1v) is 6.87. The van der Waals surface area contributed by atoms with Crippen molar-refractivity contribution in [2.24, 2.45) is 0 Å². The molecule has 2 N–H and O–H groups in total. The van der Waals surface area contributed by atoms with E-state index in [2.05, 4.69) is 5.32 Å². The van der Waals surface area contributed by atoms with E-state index in [1.165, 1.54) is 0 Å². The number of hydrogen-bond acceptors (Lipinski definition) is 3. The van der Waals surface area contributed by atoms with Crippen molar-refractivity contribution in [1.82, 2.24) is 5.32 Å². The molecule has 4 heteroatoms. The van der Waals surface area contributed by atoms with Crippen LogP contribution < -0.4 is 5.32 Å². The van der Waals surface area contributed by atoms with Crippen LogP contribution in [0.5, 0.6) is 0 Å². The summed E-state index contributed by atoms with van der Waals surface area (Å²) in [7, 11) is 0. The average Bonchev–Trinajstić information content (AvgIpc) is 2.52. The van der Waals surface area contributed by atoms with Gasteiger partial charge in [0, 0.05) is 6.54 Å². The minimum absolute atomic E-state index is 0.136. The largest absolute Gasteiger partial charge is 0.480 e. The Morgan fingerprint density at radius 3 is 2.14 bits per heavy atom. The van der Waals surface area contributed by atoms with Crippen molar-refractivity contribution in [3.05, 3.63) is 71.8 Å². The van der Waals surface area contributed by atoms with Crippen molar-refractivity contribution in [3.63, 3.8) is 0 Å². The molecule has 0 amide bonds. The number of hydrogen-bond donors (Lipinski definition) is 2. The van der Waals surface area contributed by atoms with E-state index in [9.17, 15) is 9.90 Å². The molecule has 2 rings (SSSR count). The summed E-state index contributed by atoms with van der Waals surface area (Å²) in [6.07, 6.45) is 0. The van der Waals surface area contributed by atoms with Crippen LogP contribution in [0.4, 0.5) is 0 Å². The number of rotatable bonds is 8. The molecule has 0 saturated carbocycles. The summed E-state index contributed by atoms with van der Waals surface area (Å²) in [6, 6.07) is 18.7. The van der Waals surface area contributed by atoms with Gasteiger partial charge in [-0.25, -0.2) is 0 Å². The highest BCUT2D eigenvalue weighted by molar-refractivity contribution is 5.73. The van der Waals surface area contributed by atoms with Gasteiger partial charge in [-0.2, -0.15) is 0 Å². The fourth-order valence-corrected chi connectivity index (χ4v) is 1.92. The quantitative estimate of drug-likeness (QED) is 0.782. The number of ether oxygens (including phenoxy) is 1. The number of aliphatic carboxylic acids is 1. The van der Waals surface area contributed by atoms with Crippen LogP contribution in [-0.2, 0) is 22.7 Å². The summed E-state index contributed by atoms with van der Waals surface area (Å²) in [6.45, 7) is 1.06. The molecule has 0 spiro atoms. The van der Waals surface area contributed by atoms with E-state index in [-0.39, 0.29) is 6.61 Å². The minimum atomic E-state index is -0.904. The van der Waals surface area contributed by atoms with Crippen LogP contribution in [0, 0.1) is 0 Å². The summed E-state index contributed by atoms with van der Waals surface area (Å²) in [4.78, 5) is 11.2. The lowest BCUT2D eigenvalue weighted by molar-refractivity contribution is -0.141. The number of benzene rings is 2. The van der Waals surface area contributed by atoms with Crippen molar-refractivity contribution < 1.29 is 14.6 Å². The lowest BCUT2D eigenvalue weighted by Gasteiger charge is -2.15. The molecule has 110 valence electrons. The first-order valence-electron chi connectivity index (χ1n) is 6.87. The van der Waals surface area contributed by atoms with Gasteiger partial charge in [-0.15, -0.1) is 0 Å². The van der Waals surface area contributed by atoms with Crippen molar-refractivity contribution >= 4 is 5.97 Å². The van der Waals surface area contributed by atoms with Gasteiger partial charge >= 0.3 is 5.97 Å². The molecule has 21 heavy (non-hydrogen) atoms. The molecule has 4 nitrogen and oxygen atoms in total. The summed E-state index contributed by atoms with van der Waals surface area (Å²) in [5.74, 6) is -0.904. The highest BCUT2D eigenvalue weighted by atomic mass is 16.5. The van der Waals surface area contributed by atoms with Gasteiger partial charge in [-0.3, -0.25) is 10.1 Å². The summed E-state index contributed by atoms with van der Waals surface area (Å²) >= 11 is 0. The minimum Gasteiger partial charge on any atom is -0.480 e. The monoisotopic (exact) mass is 285 g/mol. The number of carboxylic acid groups (broad SMARTS) is 1. The van der Waals surface area contributed by atoms with Gasteiger partial charge in [0.05, 0.1) is 13.2 Å². The molecule has 0 aliphatic carbocycles. The zero-order chi connectivity index (χ0) is 14.9. The molecule has 0 radical (unpaired) electrons. The van der Waals surface area contributed by atoms with Crippen LogP contribution in [0.25, 0.3) is 0 Å². The van der Waals surface area contributed by atoms with Gasteiger partial charge in [0.25, 0.3) is 0 Å². The van der Waals surface area contributed by atoms with Crippen molar-refractivity contribution in [2.75, 3.05) is 6.61 Å². The van der Waals surface area contributed by atoms with Gasteiger partial charge < -0.3 is 9.84 Å². The standard InChI is InChI=1S/C17H19NO3/c19-17(20)16(18-11-14-7-3-1-4-8-14)13-21-12-15-9-5-2-6-10-15/h1-10,16,18H,11-13H2,(H,19,20). The highest BCUT2D eigenvalue weighted by Gasteiger charge is 2.16. The van der Waals surface area contributed by atoms with Gasteiger partial charge in [0.1, 0.15) is 6.04 Å². The number of carbonyl (C=O) groups is 1. The first-order chi connectivity index (χ1) is 10.3. The lowest BCUT2D eigenvalue weighted by Crippen LogP contribution is -2.40. The fourth-order valence-electron chi connectivity index (χ4n) is 1.92. The fraction of sp³-hybridized carbons (Fsp3) is 0.235. The smallest absolute Gasteiger partial charge is 0.323 e. The van der Waals surface area contributed by atoms with E-state index < -0.39 is 12.0 Å². The predicted octanol–water partition coefficient (Wildman–Crippen LogP) is 2.45. The molecule has 0 aliphatic rings. The molecule has 0 aromatic heterocycles. The predicted molar refractivity (Wildman–Crippen MR) is 80.8 cm³/mol. The van der Waals surface area contributed by atoms with E-state index >= 15 is 0 Å². The van der Waals surface area contributed by atoms with Gasteiger partial charge in [0.15, 0.2) is 0 Å². The van der Waals surface area contributed by atoms with Crippen molar-refractivity contribution in [3.8, 4) is 0 Å². The molecule has 0 bridgehead atoms. The Kier molecular flexibility index (Phi) is 5.94. The third-order valence-electron chi connectivity index (χ3n) is 3.09. The Morgan fingerprint density at radius 1 is 1.00 bits per heavy atom. The Labute approximate surface area is 124 Å². The molecule has 1 atom stereocenters. The molecular formula is C17H19NO3. The van der Waals surface area contributed by atoms with Crippen LogP contribution in [0.15, 0.2) is 60.7 Å². The zero-order valence-electron chi connectivity index (χ0n) is 11.7. The van der Waals surface area contributed by atoms with Crippen LogP contribution in [0.3, 0.4) is 0 Å². The molecule has 0 heterocycles. The Balaban J connectivity index is 1.78. The molecule has 1 unspecified atom stereocenters. The van der Waals surface area contributed by atoms with E-state index in [4.69, 9.17) is 4.74 Å². The Morgan fingerprint density at radius 2 is 1.57 bits per heavy atom. The van der Waals surface area contributed by atoms with Gasteiger partial charge in [-0.1, -0.05) is 60.7 Å². The molecule has 0 fully saturated rings. The van der Waals surface area contributed by atoms with Crippen LogP contribution in [-0.4, -0.2) is 23.7 Å². The third-order valence-corrected chi connectivity index (χ3v) is 3.09. The van der Waals surface area contributed by atoms with Crippen LogP contribution in [0.1, 0.15) is 11.1 Å². The van der Waals surface area contributed by atoms with Crippen molar-refractivity contribution in [2.45, 2.75) is 19.2 Å². The van der Waals surface area contributed by atoms with E-state index in [1.807, 2.05) is 60.7 Å². The number of carboxylic acids is 1. The normalized spacial score (nSPS) is 12.0. The van der Waals surface area contributed by atoms with Crippen molar-refractivity contribution in [1.29, 1.82) is 0 Å². The van der Waals surface area contributed by atoms with Gasteiger partial charge in [-0.05, 0) is 11.1 Å². The molecule has 0 aliphatic heterocycles. The van der Waals surface area contributed by atoms with Crippen LogP contribution >= 0.6 is 0 Å². The molecule has 2 aromatic rings. The topological polar surface area (TPSA) is 58.6 Å². The second kappa shape index (κ2) is 8.19. The van der Waals surface area contributed by atoms with E-state index in [1.54, 1.807) is 0 Å². The second-order valence-corrected chi connectivity index (χ2v) is 4.76. The maximum Gasteiger partial charge on any atom is 0.323 e. The maximum absolute atomic E-state index is 11.2. The Hall–Kier alpha value is -2.17.